The minimum Gasteiger partial charge on any atom is -0.467 e. The smallest absolute Gasteiger partial charge is 0.329 e. The van der Waals surface area contributed by atoms with Crippen molar-refractivity contribution in [1.82, 2.24) is 9.44 Å². The van der Waals surface area contributed by atoms with Gasteiger partial charge in [-0.25, -0.2) is 44.2 Å². The summed E-state index contributed by atoms with van der Waals surface area (Å²) in [5, 5.41) is 6.91. The summed E-state index contributed by atoms with van der Waals surface area (Å²) in [6, 6.07) is 26.4. The first kappa shape index (κ1) is 59.1. The molecule has 19 heteroatoms. The molecule has 0 fully saturated rings. The Morgan fingerprint density at radius 2 is 1.26 bits per heavy atom. The Labute approximate surface area is 457 Å². The molecule has 7 rings (SSSR count). The molecular weight excluding hydrogens is 1060 g/mol. The van der Waals surface area contributed by atoms with Crippen LogP contribution in [0.2, 0.25) is 0 Å². The van der Waals surface area contributed by atoms with Crippen molar-refractivity contribution in [2.24, 2.45) is 10.4 Å². The summed E-state index contributed by atoms with van der Waals surface area (Å²) < 4.78 is 134. The second-order valence-corrected chi connectivity index (χ2v) is 25.5. The van der Waals surface area contributed by atoms with Crippen molar-refractivity contribution in [1.29, 1.82) is 0 Å². The normalized spacial score (nSPS) is 13.1. The number of nitrogens with one attached hydrogen (secondary N) is 3. The molecule has 0 saturated carbocycles. The maximum atomic E-state index is 16.0. The highest BCUT2D eigenvalue weighted by molar-refractivity contribution is 8.04. The number of para-hydroxylation sites is 2. The van der Waals surface area contributed by atoms with Gasteiger partial charge in [-0.3, -0.25) is 4.79 Å². The van der Waals surface area contributed by atoms with Gasteiger partial charge < -0.3 is 19.8 Å². The van der Waals surface area contributed by atoms with Crippen molar-refractivity contribution in [3.05, 3.63) is 148 Å². The van der Waals surface area contributed by atoms with Crippen molar-refractivity contribution < 1.29 is 53.1 Å². The number of methoxy groups -OCH3 is 1. The van der Waals surface area contributed by atoms with Gasteiger partial charge >= 0.3 is 5.97 Å². The molecule has 2 aliphatic rings. The Morgan fingerprint density at radius 3 is 1.81 bits per heavy atom. The number of hydrogen-bond donors (Lipinski definition) is 3. The van der Waals surface area contributed by atoms with E-state index < -0.39 is 87.1 Å². The molecule has 12 nitrogen and oxygen atoms in total. The van der Waals surface area contributed by atoms with Crippen LogP contribution >= 0.6 is 11.8 Å². The van der Waals surface area contributed by atoms with Gasteiger partial charge in [-0.2, -0.15) is 0 Å². The van der Waals surface area contributed by atoms with E-state index in [4.69, 9.17) is 14.1 Å². The summed E-state index contributed by atoms with van der Waals surface area (Å²) >= 11 is 0.0565. The Hall–Kier alpha value is -6.54. The van der Waals surface area contributed by atoms with E-state index in [0.717, 1.165) is 46.8 Å². The third kappa shape index (κ3) is 12.0. The SMILES string of the molecule is CCC(C)(C)C(=O)NC(CSc1c(F)c(F)c(S(=O)(=O)NS(=O)(=O)c2ccccc2-c2c3cc/c(=N\c4c(C(C)C)cccc4C(C)C)cc-3oc3cc(Nc4c(C(C)C)cccc4C(C)C)ccc23)c(F)c1F)C(=O)OC. The lowest BCUT2D eigenvalue weighted by Gasteiger charge is -2.25. The summed E-state index contributed by atoms with van der Waals surface area (Å²) in [6.45, 7) is 21.6. The van der Waals surface area contributed by atoms with Crippen LogP contribution in [0.5, 0.6) is 0 Å². The predicted octanol–water partition coefficient (Wildman–Crippen LogP) is 14.1. The molecule has 414 valence electrons. The monoisotopic (exact) mass is 1130 g/mol. The van der Waals surface area contributed by atoms with Crippen LogP contribution in [0.4, 0.5) is 34.6 Å². The highest BCUT2D eigenvalue weighted by atomic mass is 32.3. The molecule has 1 unspecified atom stereocenters. The molecule has 0 bridgehead atoms. The summed E-state index contributed by atoms with van der Waals surface area (Å²) in [6.07, 6.45) is 0.333. The number of carbonyl (C=O) groups excluding carboxylic acids is 2. The number of ether oxygens (including phenoxy) is 1. The Kier molecular flexibility index (Phi) is 17.8. The van der Waals surface area contributed by atoms with E-state index in [0.29, 0.717) is 28.4 Å². The zero-order valence-corrected chi connectivity index (χ0v) is 47.9. The molecule has 1 aliphatic carbocycles. The number of esters is 1. The first-order valence-corrected chi connectivity index (χ1v) is 29.4. The van der Waals surface area contributed by atoms with Crippen LogP contribution in [0.1, 0.15) is 129 Å². The number of fused-ring (bicyclic) bond motifs is 2. The van der Waals surface area contributed by atoms with E-state index in [1.165, 1.54) is 22.3 Å². The number of benzene rings is 6. The molecule has 78 heavy (non-hydrogen) atoms. The van der Waals surface area contributed by atoms with Gasteiger partial charge in [0.05, 0.1) is 27.9 Å². The zero-order valence-electron chi connectivity index (χ0n) is 45.5. The van der Waals surface area contributed by atoms with Crippen molar-refractivity contribution >= 4 is 71.7 Å². The molecule has 1 amide bonds. The molecule has 0 saturated heterocycles. The average molecular weight is 1130 g/mol. The highest BCUT2D eigenvalue weighted by Gasteiger charge is 2.38. The number of carbonyl (C=O) groups is 2. The van der Waals surface area contributed by atoms with Gasteiger partial charge in [0.15, 0.2) is 28.2 Å². The van der Waals surface area contributed by atoms with Gasteiger partial charge in [0.2, 0.25) is 5.91 Å². The van der Waals surface area contributed by atoms with Crippen LogP contribution in [0.25, 0.3) is 33.4 Å². The van der Waals surface area contributed by atoms with Crippen LogP contribution in [0.15, 0.2) is 121 Å². The first-order chi connectivity index (χ1) is 36.6. The molecule has 1 heterocycles. The number of halogens is 4. The maximum Gasteiger partial charge on any atom is 0.329 e. The van der Waals surface area contributed by atoms with Gasteiger partial charge in [-0.05, 0) is 82.7 Å². The fourth-order valence-corrected chi connectivity index (χ4v) is 13.2. The van der Waals surface area contributed by atoms with Crippen molar-refractivity contribution in [2.75, 3.05) is 18.2 Å². The lowest BCUT2D eigenvalue weighted by atomic mass is 9.89. The first-order valence-electron chi connectivity index (χ1n) is 25.5. The number of nitrogens with zero attached hydrogens (tertiary/aromatic N) is 1. The highest BCUT2D eigenvalue weighted by Crippen LogP contribution is 2.45. The van der Waals surface area contributed by atoms with Gasteiger partial charge in [-0.15, -0.1) is 15.9 Å². The number of sulfonamides is 2. The number of hydrogen-bond acceptors (Lipinski definition) is 11. The van der Waals surface area contributed by atoms with Crippen molar-refractivity contribution in [2.45, 2.75) is 127 Å². The molecular formula is C59H64F4N4O8S3. The minimum absolute atomic E-state index is 0.0565. The second-order valence-electron chi connectivity index (χ2n) is 20.9. The van der Waals surface area contributed by atoms with E-state index in [2.05, 4.69) is 78.2 Å². The molecule has 5 aromatic carbocycles. The van der Waals surface area contributed by atoms with E-state index in [9.17, 15) is 26.4 Å². The second kappa shape index (κ2) is 23.4. The summed E-state index contributed by atoms with van der Waals surface area (Å²) in [7, 11) is -10.5. The minimum atomic E-state index is -6.01. The molecule has 1 aliphatic heterocycles. The number of anilines is 2. The molecule has 5 aromatic rings. The number of amides is 1. The topological polar surface area (TPSA) is 173 Å². The Balaban J connectivity index is 1.37. The van der Waals surface area contributed by atoms with Gasteiger partial charge in [0, 0.05) is 56.8 Å². The molecule has 3 N–H and O–H groups in total. The van der Waals surface area contributed by atoms with E-state index >= 15 is 17.6 Å². The van der Waals surface area contributed by atoms with E-state index in [1.807, 2.05) is 24.3 Å². The van der Waals surface area contributed by atoms with Gasteiger partial charge in [0.25, 0.3) is 20.0 Å². The van der Waals surface area contributed by atoms with Crippen LogP contribution in [0, 0.1) is 28.7 Å². The fraction of sp³-hybridized carbons (Fsp3) is 0.339. The third-order valence-corrected chi connectivity index (χ3v) is 18.5. The molecule has 0 radical (unpaired) electrons. The standard InChI is InChI=1S/C59H64F4N4O8S3/c1-13-59(10,11)58(69)66-44(57(68)74-12)30-76-55-49(60)51(62)56(52(63)50(55)61)78(72,73)67-77(70,71)47-23-15-14-18-43(47)48-41-26-24-35(64-53-37(31(2)3)19-16-20-38(53)32(4)5)28-45(41)75-46-29-36(25-27-42(46)48)65-54-39(33(6)7)21-17-22-40(54)34(8)9/h14-29,31-34,44,64,67H,13,30H2,1-12H3,(H,66,69)/b65-36+. The van der Waals surface area contributed by atoms with Crippen molar-refractivity contribution in [3.8, 4) is 22.5 Å². The summed E-state index contributed by atoms with van der Waals surface area (Å²) in [5.41, 5.74) is 6.41. The summed E-state index contributed by atoms with van der Waals surface area (Å²) in [5.74, 6) is -10.8. The van der Waals surface area contributed by atoms with Gasteiger partial charge in [-0.1, -0.05) is 131 Å². The van der Waals surface area contributed by atoms with Crippen molar-refractivity contribution in [3.63, 3.8) is 0 Å². The van der Waals surface area contributed by atoms with E-state index in [-0.39, 0.29) is 57.9 Å². The quantitative estimate of drug-likeness (QED) is 0.0233. The predicted molar refractivity (Wildman–Crippen MR) is 299 cm³/mol. The molecule has 0 spiro atoms. The average Bonchev–Trinajstić information content (AvgIpc) is 3.56. The fourth-order valence-electron chi connectivity index (χ4n) is 9.01. The lowest BCUT2D eigenvalue weighted by molar-refractivity contribution is -0.145. The van der Waals surface area contributed by atoms with Crippen LogP contribution in [-0.2, 0) is 34.4 Å². The molecule has 1 atom stereocenters. The van der Waals surface area contributed by atoms with Crippen LogP contribution in [-0.4, -0.2) is 47.6 Å². The third-order valence-electron chi connectivity index (χ3n) is 13.7. The van der Waals surface area contributed by atoms with Gasteiger partial charge in [0.1, 0.15) is 17.4 Å². The Bertz CT molecular complexity index is 3650. The Morgan fingerprint density at radius 1 is 0.692 bits per heavy atom. The maximum absolute atomic E-state index is 16.0. The number of thioether (sulfide) groups is 1. The lowest BCUT2D eigenvalue weighted by Crippen LogP contribution is -2.48. The zero-order chi connectivity index (χ0) is 57.3. The van der Waals surface area contributed by atoms with Crippen LogP contribution < -0.4 is 20.1 Å². The van der Waals surface area contributed by atoms with Crippen LogP contribution in [0.3, 0.4) is 0 Å². The number of rotatable bonds is 19. The largest absolute Gasteiger partial charge is 0.467 e. The molecule has 0 aromatic heterocycles. The summed E-state index contributed by atoms with van der Waals surface area (Å²) in [4.78, 5) is 26.3. The van der Waals surface area contributed by atoms with E-state index in [1.54, 1.807) is 57.2 Å².